The van der Waals surface area contributed by atoms with Crippen LogP contribution in [0.3, 0.4) is 0 Å². The lowest BCUT2D eigenvalue weighted by molar-refractivity contribution is 0.215. The Balaban J connectivity index is 1.37. The smallest absolute Gasteiger partial charge is 0.322 e. The molecule has 3 heterocycles. The molecule has 5 rings (SSSR count). The summed E-state index contributed by atoms with van der Waals surface area (Å²) in [5, 5.41) is 2.98. The maximum Gasteiger partial charge on any atom is 0.322 e. The predicted molar refractivity (Wildman–Crippen MR) is 137 cm³/mol. The molecule has 0 atom stereocenters. The first-order valence-corrected chi connectivity index (χ1v) is 12.0. The van der Waals surface area contributed by atoms with Gasteiger partial charge in [0.15, 0.2) is 5.82 Å². The summed E-state index contributed by atoms with van der Waals surface area (Å²) >= 11 is 3.56. The van der Waals surface area contributed by atoms with Crippen molar-refractivity contribution >= 4 is 50.0 Å². The number of nitrogens with zero attached hydrogens (tertiary/aromatic N) is 4. The summed E-state index contributed by atoms with van der Waals surface area (Å²) in [6.07, 6.45) is 2.91. The van der Waals surface area contributed by atoms with Gasteiger partial charge in [-0.1, -0.05) is 15.9 Å². The predicted octanol–water partition coefficient (Wildman–Crippen LogP) is 5.01. The second-order valence-electron chi connectivity index (χ2n) is 8.16. The molecule has 0 bridgehead atoms. The van der Waals surface area contributed by atoms with E-state index in [0.29, 0.717) is 36.8 Å². The molecule has 0 saturated carbocycles. The maximum absolute atomic E-state index is 13.1. The molecule has 1 aliphatic heterocycles. The molecule has 2 aromatic carbocycles. The molecule has 9 heteroatoms. The van der Waals surface area contributed by atoms with Crippen molar-refractivity contribution in [3.05, 3.63) is 59.2 Å². The van der Waals surface area contributed by atoms with Crippen molar-refractivity contribution in [1.82, 2.24) is 14.3 Å². The molecule has 2 aromatic heterocycles. The monoisotopic (exact) mass is 523 g/mol. The van der Waals surface area contributed by atoms with E-state index in [9.17, 15) is 4.79 Å². The van der Waals surface area contributed by atoms with Crippen LogP contribution in [0, 0.1) is 0 Å². The average molecular weight is 524 g/mol. The minimum atomic E-state index is -0.156. The number of hydrogen-bond acceptors (Lipinski definition) is 5. The minimum absolute atomic E-state index is 0.156. The van der Waals surface area contributed by atoms with E-state index in [0.717, 1.165) is 39.8 Å². The van der Waals surface area contributed by atoms with Crippen LogP contribution in [0.4, 0.5) is 16.3 Å². The van der Waals surface area contributed by atoms with E-state index in [1.165, 1.54) is 0 Å². The molecule has 1 aliphatic rings. The number of carbonyl (C=O) groups excluding carboxylic acids is 1. The van der Waals surface area contributed by atoms with Gasteiger partial charge in [0.05, 0.1) is 36.5 Å². The summed E-state index contributed by atoms with van der Waals surface area (Å²) < 4.78 is 13.9. The van der Waals surface area contributed by atoms with Gasteiger partial charge < -0.3 is 29.0 Å². The molecule has 176 valence electrons. The number of ether oxygens (including phenoxy) is 2. The molecule has 0 radical (unpaired) electrons. The van der Waals surface area contributed by atoms with Gasteiger partial charge in [-0.15, -0.1) is 0 Å². The van der Waals surface area contributed by atoms with Crippen molar-refractivity contribution in [2.45, 2.75) is 6.42 Å². The fourth-order valence-electron chi connectivity index (χ4n) is 4.41. The number of anilines is 2. The van der Waals surface area contributed by atoms with E-state index in [1.807, 2.05) is 23.1 Å². The fraction of sp³-hybridized carbons (Fsp3) is 0.280. The van der Waals surface area contributed by atoms with Gasteiger partial charge in [0.25, 0.3) is 0 Å². The molecular weight excluding hydrogens is 498 g/mol. The van der Waals surface area contributed by atoms with Gasteiger partial charge in [-0.2, -0.15) is 0 Å². The number of methoxy groups -OCH3 is 2. The van der Waals surface area contributed by atoms with Crippen LogP contribution in [-0.4, -0.2) is 60.7 Å². The Morgan fingerprint density at radius 3 is 2.71 bits per heavy atom. The van der Waals surface area contributed by atoms with Crippen LogP contribution >= 0.6 is 15.9 Å². The Hall–Kier alpha value is -3.46. The molecule has 1 N–H and O–H groups in total. The Morgan fingerprint density at radius 2 is 1.88 bits per heavy atom. The van der Waals surface area contributed by atoms with Gasteiger partial charge >= 0.3 is 6.03 Å². The standard InChI is InChI=1S/C25H26BrN5O3/c1-33-18-7-9-23(34-2)20(16-18)28-25(32)30-11-4-10-29(13-14-30)24-22-5-3-12-31(22)21-8-6-17(26)15-19(21)27-24/h3,5-9,12,15-16H,4,10-11,13-14H2,1-2H3,(H,28,32). The first kappa shape index (κ1) is 22.3. The highest BCUT2D eigenvalue weighted by molar-refractivity contribution is 9.10. The first-order chi connectivity index (χ1) is 16.6. The zero-order valence-corrected chi connectivity index (χ0v) is 20.7. The summed E-state index contributed by atoms with van der Waals surface area (Å²) in [6, 6.07) is 15.5. The Bertz CT molecular complexity index is 1360. The van der Waals surface area contributed by atoms with Crippen molar-refractivity contribution in [3.8, 4) is 11.5 Å². The highest BCUT2D eigenvalue weighted by atomic mass is 79.9. The van der Waals surface area contributed by atoms with E-state index in [4.69, 9.17) is 14.5 Å². The maximum atomic E-state index is 13.1. The van der Waals surface area contributed by atoms with Crippen molar-refractivity contribution in [2.24, 2.45) is 0 Å². The van der Waals surface area contributed by atoms with E-state index in [1.54, 1.807) is 32.4 Å². The topological polar surface area (TPSA) is 71.3 Å². The van der Waals surface area contributed by atoms with Crippen LogP contribution in [-0.2, 0) is 0 Å². The molecule has 0 spiro atoms. The number of rotatable bonds is 4. The third kappa shape index (κ3) is 4.23. The van der Waals surface area contributed by atoms with Crippen LogP contribution in [0.5, 0.6) is 11.5 Å². The van der Waals surface area contributed by atoms with Gasteiger partial charge in [0.2, 0.25) is 0 Å². The highest BCUT2D eigenvalue weighted by Gasteiger charge is 2.23. The summed E-state index contributed by atoms with van der Waals surface area (Å²) in [7, 11) is 3.18. The third-order valence-corrected chi connectivity index (χ3v) is 6.63. The Labute approximate surface area is 206 Å². The number of hydrogen-bond donors (Lipinski definition) is 1. The molecule has 0 aliphatic carbocycles. The van der Waals surface area contributed by atoms with Crippen LogP contribution in [0.1, 0.15) is 6.42 Å². The van der Waals surface area contributed by atoms with Crippen LogP contribution in [0.25, 0.3) is 16.6 Å². The Kier molecular flexibility index (Phi) is 6.19. The molecule has 1 fully saturated rings. The van der Waals surface area contributed by atoms with E-state index in [-0.39, 0.29) is 6.03 Å². The number of halogens is 1. The van der Waals surface area contributed by atoms with Gasteiger partial charge in [0.1, 0.15) is 11.5 Å². The number of amides is 2. The molecule has 2 amide bonds. The number of fused-ring (bicyclic) bond motifs is 3. The van der Waals surface area contributed by atoms with Gasteiger partial charge in [-0.3, -0.25) is 0 Å². The van der Waals surface area contributed by atoms with E-state index < -0.39 is 0 Å². The van der Waals surface area contributed by atoms with Gasteiger partial charge in [-0.25, -0.2) is 9.78 Å². The number of urea groups is 1. The number of benzene rings is 2. The largest absolute Gasteiger partial charge is 0.497 e. The van der Waals surface area contributed by atoms with E-state index in [2.05, 4.69) is 48.9 Å². The minimum Gasteiger partial charge on any atom is -0.497 e. The van der Waals surface area contributed by atoms with Crippen LogP contribution < -0.4 is 19.7 Å². The lowest BCUT2D eigenvalue weighted by atomic mass is 10.2. The summed E-state index contributed by atoms with van der Waals surface area (Å²) in [5.41, 5.74) is 3.64. The van der Waals surface area contributed by atoms with E-state index >= 15 is 0 Å². The molecule has 0 unspecified atom stereocenters. The molecule has 8 nitrogen and oxygen atoms in total. The van der Waals surface area contributed by atoms with Crippen molar-refractivity contribution < 1.29 is 14.3 Å². The Morgan fingerprint density at radius 1 is 1.00 bits per heavy atom. The second kappa shape index (κ2) is 9.42. The highest BCUT2D eigenvalue weighted by Crippen LogP contribution is 2.30. The number of carbonyl (C=O) groups is 1. The molecule has 34 heavy (non-hydrogen) atoms. The first-order valence-electron chi connectivity index (χ1n) is 11.2. The van der Waals surface area contributed by atoms with Crippen LogP contribution in [0.15, 0.2) is 59.2 Å². The van der Waals surface area contributed by atoms with Crippen LogP contribution in [0.2, 0.25) is 0 Å². The average Bonchev–Trinajstić information content (AvgIpc) is 3.21. The second-order valence-corrected chi connectivity index (χ2v) is 9.07. The third-order valence-electron chi connectivity index (χ3n) is 6.13. The molecular formula is C25H26BrN5O3. The van der Waals surface area contributed by atoms with Crippen molar-refractivity contribution in [2.75, 3.05) is 50.6 Å². The zero-order chi connectivity index (χ0) is 23.7. The zero-order valence-electron chi connectivity index (χ0n) is 19.1. The number of nitrogens with one attached hydrogen (secondary N) is 1. The number of aromatic nitrogens is 2. The summed E-state index contributed by atoms with van der Waals surface area (Å²) in [4.78, 5) is 22.2. The lowest BCUT2D eigenvalue weighted by Gasteiger charge is -2.24. The summed E-state index contributed by atoms with van der Waals surface area (Å²) in [6.45, 7) is 2.75. The molecule has 1 saturated heterocycles. The van der Waals surface area contributed by atoms with Gasteiger partial charge in [0, 0.05) is 42.9 Å². The quantitative estimate of drug-likeness (QED) is 0.407. The SMILES string of the molecule is COc1ccc(OC)c(NC(=O)N2CCCN(c3nc4cc(Br)ccc4n4cccc34)CC2)c1. The molecule has 4 aromatic rings. The normalized spacial score (nSPS) is 14.3. The van der Waals surface area contributed by atoms with Crippen molar-refractivity contribution in [1.29, 1.82) is 0 Å². The summed E-state index contributed by atoms with van der Waals surface area (Å²) in [5.74, 6) is 2.18. The fourth-order valence-corrected chi connectivity index (χ4v) is 4.75. The lowest BCUT2D eigenvalue weighted by Crippen LogP contribution is -2.38. The van der Waals surface area contributed by atoms with Gasteiger partial charge in [-0.05, 0) is 48.9 Å². The van der Waals surface area contributed by atoms with Crippen molar-refractivity contribution in [3.63, 3.8) is 0 Å².